The highest BCUT2D eigenvalue weighted by atomic mass is 16.6. The molecular weight excluding hydrogens is 248 g/mol. The number of nitrogens with two attached hydrogens (primary N) is 1. The van der Waals surface area contributed by atoms with Crippen LogP contribution >= 0.6 is 0 Å². The van der Waals surface area contributed by atoms with Gasteiger partial charge in [0.1, 0.15) is 5.69 Å². The van der Waals surface area contributed by atoms with Gasteiger partial charge in [0.2, 0.25) is 5.95 Å². The second-order valence-corrected chi connectivity index (χ2v) is 4.07. The van der Waals surface area contributed by atoms with Crippen molar-refractivity contribution >= 4 is 11.6 Å². The van der Waals surface area contributed by atoms with Crippen LogP contribution < -0.4 is 5.73 Å². The molecule has 100 valence electrons. The lowest BCUT2D eigenvalue weighted by molar-refractivity contribution is -0.385. The van der Waals surface area contributed by atoms with Crippen molar-refractivity contribution in [3.05, 3.63) is 28.2 Å². The summed E-state index contributed by atoms with van der Waals surface area (Å²) in [6, 6.07) is 0. The molecule has 0 radical (unpaired) electrons. The Balaban J connectivity index is 2.66. The van der Waals surface area contributed by atoms with E-state index in [9.17, 15) is 10.1 Å². The number of imidazole rings is 1. The van der Waals surface area contributed by atoms with E-state index in [0.717, 1.165) is 6.42 Å². The molecule has 19 heavy (non-hydrogen) atoms. The Bertz CT molecular complexity index is 622. The topological polar surface area (TPSA) is 113 Å². The van der Waals surface area contributed by atoms with Crippen molar-refractivity contribution in [2.24, 2.45) is 0 Å². The van der Waals surface area contributed by atoms with Crippen molar-refractivity contribution in [3.8, 4) is 11.5 Å². The summed E-state index contributed by atoms with van der Waals surface area (Å²) in [5.41, 5.74) is 5.82. The van der Waals surface area contributed by atoms with Gasteiger partial charge < -0.3 is 10.3 Å². The molecule has 0 aliphatic carbocycles. The Kier molecular flexibility index (Phi) is 3.41. The maximum absolute atomic E-state index is 11.2. The zero-order valence-electron chi connectivity index (χ0n) is 10.7. The van der Waals surface area contributed by atoms with E-state index in [4.69, 9.17) is 5.73 Å². The molecule has 8 heteroatoms. The average molecular weight is 262 g/mol. The fourth-order valence-electron chi connectivity index (χ4n) is 1.91. The molecule has 0 bridgehead atoms. The molecule has 2 rings (SSSR count). The molecule has 0 amide bonds. The van der Waals surface area contributed by atoms with Gasteiger partial charge in [-0.05, 0) is 13.3 Å². The summed E-state index contributed by atoms with van der Waals surface area (Å²) in [4.78, 5) is 22.6. The van der Waals surface area contributed by atoms with Gasteiger partial charge in [-0.3, -0.25) is 10.1 Å². The van der Waals surface area contributed by atoms with Gasteiger partial charge in [-0.1, -0.05) is 6.92 Å². The summed E-state index contributed by atoms with van der Waals surface area (Å²) in [5.74, 6) is 0.440. The molecule has 0 atom stereocenters. The predicted octanol–water partition coefficient (Wildman–Crippen LogP) is 1.55. The maximum atomic E-state index is 11.2. The fraction of sp³-hybridized carbons (Fsp3) is 0.364. The molecule has 2 N–H and O–H groups in total. The first-order chi connectivity index (χ1) is 9.04. The Hall–Kier alpha value is -2.51. The zero-order chi connectivity index (χ0) is 14.0. The highest BCUT2D eigenvalue weighted by molar-refractivity contribution is 5.66. The van der Waals surface area contributed by atoms with Gasteiger partial charge in [0.25, 0.3) is 0 Å². The van der Waals surface area contributed by atoms with Crippen LogP contribution in [0.4, 0.5) is 11.6 Å². The molecule has 0 saturated heterocycles. The van der Waals surface area contributed by atoms with Gasteiger partial charge >= 0.3 is 5.69 Å². The number of hydrogen-bond donors (Lipinski definition) is 1. The quantitative estimate of drug-likeness (QED) is 0.660. The predicted molar refractivity (Wildman–Crippen MR) is 69.3 cm³/mol. The third-order valence-electron chi connectivity index (χ3n) is 2.65. The van der Waals surface area contributed by atoms with Crippen LogP contribution in [0.2, 0.25) is 0 Å². The summed E-state index contributed by atoms with van der Waals surface area (Å²) in [5, 5.41) is 11.2. The zero-order valence-corrected chi connectivity index (χ0v) is 10.7. The lowest BCUT2D eigenvalue weighted by Crippen LogP contribution is -2.08. The summed E-state index contributed by atoms with van der Waals surface area (Å²) >= 11 is 0. The van der Waals surface area contributed by atoms with Gasteiger partial charge in [0, 0.05) is 18.9 Å². The molecule has 2 heterocycles. The Morgan fingerprint density at radius 3 is 2.84 bits per heavy atom. The molecule has 0 aliphatic heterocycles. The van der Waals surface area contributed by atoms with Gasteiger partial charge in [-0.15, -0.1) is 0 Å². The number of aromatic nitrogens is 4. The first kappa shape index (κ1) is 12.9. The Morgan fingerprint density at radius 1 is 1.47 bits per heavy atom. The molecule has 0 spiro atoms. The summed E-state index contributed by atoms with van der Waals surface area (Å²) < 4.78 is 1.81. The lowest BCUT2D eigenvalue weighted by Gasteiger charge is -2.07. The lowest BCUT2D eigenvalue weighted by atomic mass is 10.2. The van der Waals surface area contributed by atoms with E-state index in [1.165, 1.54) is 6.92 Å². The molecule has 2 aromatic rings. The molecule has 0 saturated carbocycles. The van der Waals surface area contributed by atoms with E-state index in [2.05, 4.69) is 15.0 Å². The number of nitro groups is 1. The highest BCUT2D eigenvalue weighted by Gasteiger charge is 2.25. The summed E-state index contributed by atoms with van der Waals surface area (Å²) in [6.07, 6.45) is 4.23. The van der Waals surface area contributed by atoms with Crippen molar-refractivity contribution in [2.75, 3.05) is 5.73 Å². The van der Waals surface area contributed by atoms with Gasteiger partial charge in [0.15, 0.2) is 11.5 Å². The normalized spacial score (nSPS) is 10.6. The third-order valence-corrected chi connectivity index (χ3v) is 2.65. The number of hydrogen-bond acceptors (Lipinski definition) is 6. The summed E-state index contributed by atoms with van der Waals surface area (Å²) in [6.45, 7) is 4.25. The van der Waals surface area contributed by atoms with Crippen LogP contribution in [0.15, 0.2) is 12.4 Å². The van der Waals surface area contributed by atoms with Gasteiger partial charge in [0.05, 0.1) is 4.92 Å². The van der Waals surface area contributed by atoms with Crippen LogP contribution in [0.3, 0.4) is 0 Å². The Labute approximate surface area is 109 Å². The number of nitrogen functional groups attached to an aromatic ring is 1. The minimum Gasteiger partial charge on any atom is -0.368 e. The van der Waals surface area contributed by atoms with Crippen LogP contribution in [0.5, 0.6) is 0 Å². The highest BCUT2D eigenvalue weighted by Crippen LogP contribution is 2.29. The van der Waals surface area contributed by atoms with E-state index in [1.54, 1.807) is 12.4 Å². The van der Waals surface area contributed by atoms with Gasteiger partial charge in [-0.2, -0.15) is 0 Å². The van der Waals surface area contributed by atoms with E-state index < -0.39 is 4.92 Å². The van der Waals surface area contributed by atoms with E-state index in [0.29, 0.717) is 12.4 Å². The van der Waals surface area contributed by atoms with Crippen molar-refractivity contribution in [1.29, 1.82) is 0 Å². The molecule has 2 aromatic heterocycles. The monoisotopic (exact) mass is 262 g/mol. The first-order valence-electron chi connectivity index (χ1n) is 5.84. The molecular formula is C11H14N6O2. The second-order valence-electron chi connectivity index (χ2n) is 4.07. The van der Waals surface area contributed by atoms with Crippen molar-refractivity contribution in [1.82, 2.24) is 19.5 Å². The van der Waals surface area contributed by atoms with Gasteiger partial charge in [-0.25, -0.2) is 15.0 Å². The molecule has 0 unspecified atom stereocenters. The number of rotatable bonds is 4. The van der Waals surface area contributed by atoms with Crippen molar-refractivity contribution in [3.63, 3.8) is 0 Å². The van der Waals surface area contributed by atoms with Crippen LogP contribution in [-0.4, -0.2) is 24.4 Å². The van der Waals surface area contributed by atoms with Crippen LogP contribution in [-0.2, 0) is 6.54 Å². The largest absolute Gasteiger partial charge is 0.368 e. The second kappa shape index (κ2) is 5.01. The fourth-order valence-corrected chi connectivity index (χ4v) is 1.91. The van der Waals surface area contributed by atoms with Crippen LogP contribution in [0.25, 0.3) is 11.5 Å². The maximum Gasteiger partial charge on any atom is 0.319 e. The molecule has 0 fully saturated rings. The van der Waals surface area contributed by atoms with E-state index in [-0.39, 0.29) is 23.0 Å². The Morgan fingerprint density at radius 2 is 2.21 bits per heavy atom. The number of nitrogens with zero attached hydrogens (tertiary/aromatic N) is 5. The first-order valence-corrected chi connectivity index (χ1v) is 5.84. The van der Waals surface area contributed by atoms with E-state index in [1.807, 2.05) is 11.5 Å². The number of anilines is 1. The van der Waals surface area contributed by atoms with Crippen molar-refractivity contribution in [2.45, 2.75) is 26.8 Å². The van der Waals surface area contributed by atoms with Crippen LogP contribution in [0.1, 0.15) is 19.0 Å². The third kappa shape index (κ3) is 2.37. The van der Waals surface area contributed by atoms with E-state index >= 15 is 0 Å². The SMILES string of the molecule is CCCn1ccnc1-c1nc(N)nc(C)c1[N+](=O)[O-]. The molecule has 8 nitrogen and oxygen atoms in total. The standard InChI is InChI=1S/C11H14N6O2/c1-3-5-16-6-4-13-10(16)8-9(17(18)19)7(2)14-11(12)15-8/h4,6H,3,5H2,1-2H3,(H2,12,14,15). The molecule has 0 aromatic carbocycles. The number of aryl methyl sites for hydroxylation is 2. The minimum atomic E-state index is -0.505. The summed E-state index contributed by atoms with van der Waals surface area (Å²) in [7, 11) is 0. The smallest absolute Gasteiger partial charge is 0.319 e. The molecule has 0 aliphatic rings. The minimum absolute atomic E-state index is 0.00384. The van der Waals surface area contributed by atoms with Crippen LogP contribution in [0, 0.1) is 17.0 Å². The average Bonchev–Trinajstić information content (AvgIpc) is 2.75. The van der Waals surface area contributed by atoms with Crippen molar-refractivity contribution < 1.29 is 4.92 Å².